The summed E-state index contributed by atoms with van der Waals surface area (Å²) < 4.78 is 71.9. The number of nitrogens with zero attached hydrogens (tertiary/aromatic N) is 4. The molecule has 2 saturated heterocycles. The van der Waals surface area contributed by atoms with Crippen molar-refractivity contribution in [2.45, 2.75) is 47.6 Å². The summed E-state index contributed by atoms with van der Waals surface area (Å²) in [6.07, 6.45) is 5.79. The zero-order valence-electron chi connectivity index (χ0n) is 33.5. The molecule has 16 nitrogen and oxygen atoms in total. The Balaban J connectivity index is 0.000000184. The van der Waals surface area contributed by atoms with Gasteiger partial charge >= 0.3 is 11.9 Å². The van der Waals surface area contributed by atoms with E-state index < -0.39 is 38.1 Å². The lowest BCUT2D eigenvalue weighted by atomic mass is 10.1. The second-order valence-electron chi connectivity index (χ2n) is 14.2. The maximum Gasteiger partial charge on any atom is 0.328 e. The molecule has 4 heterocycles. The molecule has 2 aromatic heterocycles. The molecule has 318 valence electrons. The number of carboxylic acids is 1. The van der Waals surface area contributed by atoms with Crippen molar-refractivity contribution in [2.75, 3.05) is 53.7 Å². The van der Waals surface area contributed by atoms with Crippen LogP contribution in [0.5, 0.6) is 11.5 Å². The maximum atomic E-state index is 12.9. The van der Waals surface area contributed by atoms with Crippen molar-refractivity contribution in [2.24, 2.45) is 0 Å². The second kappa shape index (κ2) is 17.9. The fraction of sp³-hybridized carbons (Fsp3) is 0.256. The van der Waals surface area contributed by atoms with E-state index in [-0.39, 0.29) is 15.8 Å². The van der Waals surface area contributed by atoms with Crippen LogP contribution in [0.4, 0.5) is 23.0 Å². The van der Waals surface area contributed by atoms with Crippen LogP contribution >= 0.6 is 0 Å². The summed E-state index contributed by atoms with van der Waals surface area (Å²) >= 11 is 0. The van der Waals surface area contributed by atoms with E-state index >= 15 is 0 Å². The van der Waals surface area contributed by atoms with Crippen molar-refractivity contribution < 1.29 is 45.7 Å². The van der Waals surface area contributed by atoms with Gasteiger partial charge in [-0.2, -0.15) is 0 Å². The van der Waals surface area contributed by atoms with E-state index in [1.54, 1.807) is 41.3 Å². The fourth-order valence-corrected chi connectivity index (χ4v) is 9.70. The number of anilines is 4. The number of carbonyl (C=O) groups is 2. The van der Waals surface area contributed by atoms with Crippen LogP contribution in [-0.2, 0) is 34.4 Å². The van der Waals surface area contributed by atoms with Crippen LogP contribution in [0.3, 0.4) is 0 Å². The lowest BCUT2D eigenvalue weighted by Crippen LogP contribution is -2.37. The van der Waals surface area contributed by atoms with E-state index in [4.69, 9.17) is 14.2 Å². The fourth-order valence-electron chi connectivity index (χ4n) is 7.57. The number of hydrogen-bond donors (Lipinski definition) is 3. The number of benzene rings is 4. The first-order valence-electron chi connectivity index (χ1n) is 19.3. The summed E-state index contributed by atoms with van der Waals surface area (Å²) in [6, 6.07) is 25.8. The van der Waals surface area contributed by atoms with E-state index in [0.717, 1.165) is 18.2 Å². The number of pyridine rings is 2. The van der Waals surface area contributed by atoms with Crippen molar-refractivity contribution in [3.05, 3.63) is 109 Å². The minimum Gasteiger partial charge on any atom is -0.497 e. The predicted molar refractivity (Wildman–Crippen MR) is 231 cm³/mol. The van der Waals surface area contributed by atoms with E-state index in [9.17, 15) is 31.5 Å². The molecular formula is C43H44N6O10S2. The normalized spacial score (nSPS) is 16.4. The molecule has 0 amide bonds. The van der Waals surface area contributed by atoms with Gasteiger partial charge in [0.2, 0.25) is 0 Å². The van der Waals surface area contributed by atoms with Gasteiger partial charge in [-0.25, -0.2) is 36.4 Å². The highest BCUT2D eigenvalue weighted by molar-refractivity contribution is 7.93. The molecule has 2 atom stereocenters. The molecule has 2 fully saturated rings. The van der Waals surface area contributed by atoms with Crippen molar-refractivity contribution in [3.8, 4) is 11.5 Å². The molecule has 0 spiro atoms. The molecule has 3 N–H and O–H groups in total. The number of nitrogens with one attached hydrogen (secondary N) is 2. The third kappa shape index (κ3) is 8.95. The first-order valence-corrected chi connectivity index (χ1v) is 22.2. The molecule has 4 aromatic carbocycles. The Morgan fingerprint density at radius 3 is 1.39 bits per heavy atom. The lowest BCUT2D eigenvalue weighted by molar-refractivity contribution is -0.142. The number of esters is 1. The highest BCUT2D eigenvalue weighted by Gasteiger charge is 2.34. The number of sulfonamides is 2. The average molecular weight is 869 g/mol. The molecule has 18 heteroatoms. The summed E-state index contributed by atoms with van der Waals surface area (Å²) in [5.74, 6) is 1.12. The number of ether oxygens (including phenoxy) is 3. The van der Waals surface area contributed by atoms with Gasteiger partial charge < -0.3 is 29.1 Å². The maximum absolute atomic E-state index is 12.9. The van der Waals surface area contributed by atoms with Crippen LogP contribution in [0.2, 0.25) is 0 Å². The minimum atomic E-state index is -3.84. The number of methoxy groups -OCH3 is 3. The molecule has 0 radical (unpaired) electrons. The van der Waals surface area contributed by atoms with E-state index in [1.807, 2.05) is 41.3 Å². The first-order chi connectivity index (χ1) is 29.3. The standard InChI is InChI=1S/C22H23N3O5S.C21H21N3O5S/c1-29-15-9-11-16(12-10-15)31(27,28)24-19-14-23-21(18-7-4-3-6-17(18)19)25-13-5-8-20(25)22(26)30-2;1-29-14-8-10-15(11-9-14)30(27,28)23-18-13-22-20(17-6-3-2-5-16(17)18)24-12-4-7-19(24)21(25)26/h3-4,6-7,9-12,14,20,24H,5,8,13H2,1-2H3;2-3,5-6,8-11,13,19,23H,4,7,12H2,1H3,(H,25,26)/t20-;19-/m00/s1. The van der Waals surface area contributed by atoms with Crippen LogP contribution in [0, 0.1) is 0 Å². The Morgan fingerprint density at radius 2 is 1.00 bits per heavy atom. The number of aromatic nitrogens is 2. The monoisotopic (exact) mass is 868 g/mol. The van der Waals surface area contributed by atoms with Crippen LogP contribution < -0.4 is 28.7 Å². The molecule has 61 heavy (non-hydrogen) atoms. The van der Waals surface area contributed by atoms with Crippen LogP contribution in [0.25, 0.3) is 21.5 Å². The Labute approximate surface area is 353 Å². The summed E-state index contributed by atoms with van der Waals surface area (Å²) in [7, 11) is -3.26. The van der Waals surface area contributed by atoms with E-state index in [1.165, 1.54) is 58.0 Å². The lowest BCUT2D eigenvalue weighted by Gasteiger charge is -2.25. The largest absolute Gasteiger partial charge is 0.497 e. The Kier molecular flexibility index (Phi) is 12.5. The van der Waals surface area contributed by atoms with E-state index in [0.29, 0.717) is 76.6 Å². The van der Waals surface area contributed by atoms with Crippen molar-refractivity contribution in [3.63, 3.8) is 0 Å². The quantitative estimate of drug-likeness (QED) is 0.116. The Morgan fingerprint density at radius 1 is 0.607 bits per heavy atom. The van der Waals surface area contributed by atoms with Crippen LogP contribution in [-0.4, -0.2) is 90.4 Å². The molecule has 8 rings (SSSR count). The van der Waals surface area contributed by atoms with Gasteiger partial charge in [0.05, 0.1) is 54.9 Å². The smallest absolute Gasteiger partial charge is 0.328 e. The van der Waals surface area contributed by atoms with Gasteiger partial charge in [-0.05, 0) is 74.2 Å². The van der Waals surface area contributed by atoms with Gasteiger partial charge in [-0.3, -0.25) is 9.44 Å². The molecule has 2 aliphatic heterocycles. The van der Waals surface area contributed by atoms with Gasteiger partial charge in [-0.15, -0.1) is 0 Å². The summed E-state index contributed by atoms with van der Waals surface area (Å²) in [5, 5.41) is 12.3. The minimum absolute atomic E-state index is 0.0990. The summed E-state index contributed by atoms with van der Waals surface area (Å²) in [5.41, 5.74) is 0.695. The van der Waals surface area contributed by atoms with Crippen LogP contribution in [0.1, 0.15) is 25.7 Å². The molecule has 0 bridgehead atoms. The van der Waals surface area contributed by atoms with E-state index in [2.05, 4.69) is 19.4 Å². The number of rotatable bonds is 12. The summed E-state index contributed by atoms with van der Waals surface area (Å²) in [6.45, 7) is 1.26. The molecule has 0 saturated carbocycles. The molecule has 0 unspecified atom stereocenters. The van der Waals surface area contributed by atoms with Gasteiger partial charge in [0.25, 0.3) is 20.0 Å². The van der Waals surface area contributed by atoms with Crippen molar-refractivity contribution >= 4 is 76.5 Å². The summed E-state index contributed by atoms with van der Waals surface area (Å²) in [4.78, 5) is 36.7. The van der Waals surface area contributed by atoms with Gasteiger partial charge in [0, 0.05) is 34.6 Å². The first kappa shape index (κ1) is 42.5. The predicted octanol–water partition coefficient (Wildman–Crippen LogP) is 6.28. The molecular weight excluding hydrogens is 825 g/mol. The van der Waals surface area contributed by atoms with Crippen LogP contribution in [0.15, 0.2) is 119 Å². The van der Waals surface area contributed by atoms with Gasteiger partial charge in [0.1, 0.15) is 35.2 Å². The number of carboxylic acid groups (broad SMARTS) is 1. The average Bonchev–Trinajstić information content (AvgIpc) is 3.98. The zero-order chi connectivity index (χ0) is 43.3. The van der Waals surface area contributed by atoms with Crippen molar-refractivity contribution in [1.82, 2.24) is 9.97 Å². The second-order valence-corrected chi connectivity index (χ2v) is 17.6. The third-order valence-electron chi connectivity index (χ3n) is 10.6. The Hall–Kier alpha value is -6.66. The third-order valence-corrected chi connectivity index (χ3v) is 13.3. The number of fused-ring (bicyclic) bond motifs is 2. The number of carbonyl (C=O) groups excluding carboxylic acids is 1. The zero-order valence-corrected chi connectivity index (χ0v) is 35.1. The molecule has 6 aromatic rings. The molecule has 0 aliphatic carbocycles. The number of aliphatic carboxylic acids is 1. The Bertz CT molecular complexity index is 2790. The van der Waals surface area contributed by atoms with Crippen molar-refractivity contribution in [1.29, 1.82) is 0 Å². The highest BCUT2D eigenvalue weighted by atomic mass is 32.2. The van der Waals surface area contributed by atoms with Gasteiger partial charge in [0.15, 0.2) is 0 Å². The van der Waals surface area contributed by atoms with Gasteiger partial charge in [-0.1, -0.05) is 48.5 Å². The SMILES string of the molecule is COC(=O)[C@@H]1CCCN1c1ncc(NS(=O)(=O)c2ccc(OC)cc2)c2ccccc12.COc1ccc(S(=O)(=O)Nc2cnc(N3CCC[C@H]3C(=O)O)c3ccccc23)cc1. The number of hydrogen-bond acceptors (Lipinski definition) is 13. The molecule has 2 aliphatic rings. The topological polar surface area (TPSA) is 207 Å². The highest BCUT2D eigenvalue weighted by Crippen LogP contribution is 2.37.